The fourth-order valence-corrected chi connectivity index (χ4v) is 4.68. The summed E-state index contributed by atoms with van der Waals surface area (Å²) in [4.78, 5) is 11.8. The zero-order valence-electron chi connectivity index (χ0n) is 11.5. The van der Waals surface area contributed by atoms with Crippen molar-refractivity contribution in [2.75, 3.05) is 0 Å². The second kappa shape index (κ2) is 6.85. The molecule has 5 heteroatoms. The van der Waals surface area contributed by atoms with Gasteiger partial charge in [-0.25, -0.2) is 4.79 Å². The Morgan fingerprint density at radius 2 is 2.00 bits per heavy atom. The quantitative estimate of drug-likeness (QED) is 0.876. The molecular weight excluding hydrogens is 340 g/mol. The molecule has 3 nitrogen and oxygen atoms in total. The summed E-state index contributed by atoms with van der Waals surface area (Å²) in [6.07, 6.45) is 5.42. The SMILES string of the molecule is CCC1CCC(S(=O)c2ccc(Br)c(C(=O)O)c2)CC1. The van der Waals surface area contributed by atoms with E-state index in [-0.39, 0.29) is 10.8 Å². The highest BCUT2D eigenvalue weighted by atomic mass is 79.9. The summed E-state index contributed by atoms with van der Waals surface area (Å²) < 4.78 is 13.1. The highest BCUT2D eigenvalue weighted by molar-refractivity contribution is 9.10. The molecule has 1 aromatic rings. The number of carbonyl (C=O) groups is 1. The molecule has 0 bridgehead atoms. The maximum Gasteiger partial charge on any atom is 0.336 e. The second-order valence-corrected chi connectivity index (χ2v) is 7.88. The summed E-state index contributed by atoms with van der Waals surface area (Å²) in [5.74, 6) is -0.229. The molecule has 20 heavy (non-hydrogen) atoms. The van der Waals surface area contributed by atoms with Crippen LogP contribution >= 0.6 is 15.9 Å². The van der Waals surface area contributed by atoms with Gasteiger partial charge in [-0.05, 0) is 65.7 Å². The van der Waals surface area contributed by atoms with Crippen molar-refractivity contribution < 1.29 is 14.1 Å². The van der Waals surface area contributed by atoms with E-state index in [1.807, 2.05) is 0 Å². The van der Waals surface area contributed by atoms with Gasteiger partial charge in [0.15, 0.2) is 0 Å². The van der Waals surface area contributed by atoms with Crippen LogP contribution in [0.3, 0.4) is 0 Å². The number of carboxylic acids is 1. The molecule has 0 radical (unpaired) electrons. The third kappa shape index (κ3) is 3.50. The molecular formula is C15H19BrO3S. The molecule has 0 aliphatic heterocycles. The number of hydrogen-bond acceptors (Lipinski definition) is 2. The van der Waals surface area contributed by atoms with Crippen molar-refractivity contribution in [1.29, 1.82) is 0 Å². The molecule has 1 atom stereocenters. The molecule has 2 rings (SSSR count). The van der Waals surface area contributed by atoms with Crippen LogP contribution in [0.4, 0.5) is 0 Å². The van der Waals surface area contributed by atoms with Crippen LogP contribution in [-0.2, 0) is 10.8 Å². The lowest BCUT2D eigenvalue weighted by Gasteiger charge is -2.27. The van der Waals surface area contributed by atoms with Crippen LogP contribution in [0.5, 0.6) is 0 Å². The largest absolute Gasteiger partial charge is 0.478 e. The van der Waals surface area contributed by atoms with Gasteiger partial charge in [0.05, 0.1) is 16.4 Å². The third-order valence-electron chi connectivity index (χ3n) is 4.07. The Kier molecular flexibility index (Phi) is 5.38. The molecule has 1 fully saturated rings. The smallest absolute Gasteiger partial charge is 0.336 e. The molecule has 0 saturated heterocycles. The first-order valence-corrected chi connectivity index (χ1v) is 8.97. The van der Waals surface area contributed by atoms with E-state index in [9.17, 15) is 9.00 Å². The van der Waals surface area contributed by atoms with E-state index in [1.165, 1.54) is 12.5 Å². The zero-order chi connectivity index (χ0) is 14.7. The van der Waals surface area contributed by atoms with Crippen molar-refractivity contribution in [3.8, 4) is 0 Å². The minimum atomic E-state index is -1.11. The van der Waals surface area contributed by atoms with E-state index < -0.39 is 16.8 Å². The summed E-state index contributed by atoms with van der Waals surface area (Å²) in [6, 6.07) is 4.97. The van der Waals surface area contributed by atoms with Crippen molar-refractivity contribution in [2.45, 2.75) is 49.2 Å². The summed E-state index contributed by atoms with van der Waals surface area (Å²) in [6.45, 7) is 2.20. The van der Waals surface area contributed by atoms with Crippen molar-refractivity contribution in [1.82, 2.24) is 0 Å². The molecule has 0 heterocycles. The molecule has 1 aromatic carbocycles. The van der Waals surface area contributed by atoms with Gasteiger partial charge in [-0.2, -0.15) is 0 Å². The predicted molar refractivity (Wildman–Crippen MR) is 83.5 cm³/mol. The van der Waals surface area contributed by atoms with Crippen molar-refractivity contribution in [2.24, 2.45) is 5.92 Å². The van der Waals surface area contributed by atoms with Crippen LogP contribution in [0.2, 0.25) is 0 Å². The monoisotopic (exact) mass is 358 g/mol. The molecule has 1 aliphatic carbocycles. The Bertz CT molecular complexity index is 522. The number of carboxylic acid groups (broad SMARTS) is 1. The topological polar surface area (TPSA) is 54.4 Å². The number of halogens is 1. The Balaban J connectivity index is 2.14. The van der Waals surface area contributed by atoms with E-state index >= 15 is 0 Å². The van der Waals surface area contributed by atoms with Crippen molar-refractivity contribution in [3.05, 3.63) is 28.2 Å². The second-order valence-electron chi connectivity index (χ2n) is 5.30. The Morgan fingerprint density at radius 1 is 1.35 bits per heavy atom. The molecule has 1 N–H and O–H groups in total. The Morgan fingerprint density at radius 3 is 2.55 bits per heavy atom. The highest BCUT2D eigenvalue weighted by Gasteiger charge is 2.26. The van der Waals surface area contributed by atoms with Gasteiger partial charge < -0.3 is 5.11 Å². The van der Waals surface area contributed by atoms with Gasteiger partial charge >= 0.3 is 5.97 Å². The maximum atomic E-state index is 12.6. The molecule has 0 amide bonds. The minimum absolute atomic E-state index is 0.167. The van der Waals surface area contributed by atoms with E-state index in [4.69, 9.17) is 5.11 Å². The lowest BCUT2D eigenvalue weighted by atomic mass is 9.87. The maximum absolute atomic E-state index is 12.6. The first-order valence-electron chi connectivity index (χ1n) is 6.96. The van der Waals surface area contributed by atoms with Crippen molar-refractivity contribution >= 4 is 32.7 Å². The van der Waals surface area contributed by atoms with Crippen molar-refractivity contribution in [3.63, 3.8) is 0 Å². The van der Waals surface area contributed by atoms with Crippen LogP contribution in [0.1, 0.15) is 49.4 Å². The molecule has 1 saturated carbocycles. The molecule has 110 valence electrons. The molecule has 0 spiro atoms. The highest BCUT2D eigenvalue weighted by Crippen LogP contribution is 2.32. The lowest BCUT2D eigenvalue weighted by molar-refractivity contribution is 0.0695. The van der Waals surface area contributed by atoms with Gasteiger partial charge in [-0.3, -0.25) is 4.21 Å². The molecule has 0 aromatic heterocycles. The fraction of sp³-hybridized carbons (Fsp3) is 0.533. The fourth-order valence-electron chi connectivity index (χ4n) is 2.74. The predicted octanol–water partition coefficient (Wildman–Crippen LogP) is 4.22. The normalized spacial score (nSPS) is 24.3. The van der Waals surface area contributed by atoms with Gasteiger partial charge in [0.1, 0.15) is 0 Å². The van der Waals surface area contributed by atoms with Gasteiger partial charge in [-0.1, -0.05) is 13.3 Å². The van der Waals surface area contributed by atoms with Crippen LogP contribution in [0, 0.1) is 5.92 Å². The van der Waals surface area contributed by atoms with Gasteiger partial charge in [0.25, 0.3) is 0 Å². The van der Waals surface area contributed by atoms with Gasteiger partial charge in [0, 0.05) is 14.6 Å². The number of hydrogen-bond donors (Lipinski definition) is 1. The van der Waals surface area contributed by atoms with E-state index in [0.29, 0.717) is 9.37 Å². The van der Waals surface area contributed by atoms with E-state index in [2.05, 4.69) is 22.9 Å². The van der Waals surface area contributed by atoms with Crippen LogP contribution in [0.25, 0.3) is 0 Å². The zero-order valence-corrected chi connectivity index (χ0v) is 13.9. The molecule has 1 unspecified atom stereocenters. The minimum Gasteiger partial charge on any atom is -0.478 e. The first-order chi connectivity index (χ1) is 9.52. The van der Waals surface area contributed by atoms with Gasteiger partial charge in [-0.15, -0.1) is 0 Å². The van der Waals surface area contributed by atoms with Crippen LogP contribution < -0.4 is 0 Å². The lowest BCUT2D eigenvalue weighted by Crippen LogP contribution is -2.23. The standard InChI is InChI=1S/C15H19BrO3S/c1-2-10-3-5-11(6-4-10)20(19)12-7-8-14(16)13(9-12)15(17)18/h7-11H,2-6H2,1H3,(H,17,18). The van der Waals surface area contributed by atoms with Crippen LogP contribution in [0.15, 0.2) is 27.6 Å². The Hall–Kier alpha value is -0.680. The summed E-state index contributed by atoms with van der Waals surface area (Å²) in [7, 11) is -1.11. The van der Waals surface area contributed by atoms with Crippen LogP contribution in [-0.4, -0.2) is 20.5 Å². The summed E-state index contributed by atoms with van der Waals surface area (Å²) in [5.41, 5.74) is 0.179. The Labute approximate surface area is 130 Å². The summed E-state index contributed by atoms with van der Waals surface area (Å²) >= 11 is 3.21. The third-order valence-corrected chi connectivity index (χ3v) is 6.56. The van der Waals surface area contributed by atoms with Gasteiger partial charge in [0.2, 0.25) is 0 Å². The average molecular weight is 359 g/mol. The number of rotatable bonds is 4. The first kappa shape index (κ1) is 15.7. The number of benzene rings is 1. The number of aromatic carboxylic acids is 1. The van der Waals surface area contributed by atoms with E-state index in [0.717, 1.165) is 31.6 Å². The average Bonchev–Trinajstić information content (AvgIpc) is 2.47. The summed E-state index contributed by atoms with van der Waals surface area (Å²) in [5, 5.41) is 9.29. The molecule has 1 aliphatic rings. The van der Waals surface area contributed by atoms with E-state index in [1.54, 1.807) is 12.1 Å².